The van der Waals surface area contributed by atoms with E-state index < -0.39 is 17.6 Å². The van der Waals surface area contributed by atoms with Crippen molar-refractivity contribution in [2.24, 2.45) is 0 Å². The number of hydrogen-bond donors (Lipinski definition) is 1. The van der Waals surface area contributed by atoms with E-state index in [9.17, 15) is 9.59 Å². The lowest BCUT2D eigenvalue weighted by molar-refractivity contribution is -0.157. The van der Waals surface area contributed by atoms with Crippen LogP contribution in [-0.2, 0) is 27.2 Å². The van der Waals surface area contributed by atoms with Crippen molar-refractivity contribution in [1.82, 2.24) is 5.32 Å². The van der Waals surface area contributed by atoms with Crippen LogP contribution in [-0.4, -0.2) is 30.7 Å². The zero-order valence-corrected chi connectivity index (χ0v) is 18.2. The second kappa shape index (κ2) is 9.85. The van der Waals surface area contributed by atoms with Gasteiger partial charge in [0.1, 0.15) is 11.6 Å². The Labute approximate surface area is 174 Å². The third kappa shape index (κ3) is 6.77. The SMILES string of the molecule is COC(=O)c1ccc(CNC(Cc2ccccc2)C(=O)OC(C)(C)C)c(Br)c1. The first kappa shape index (κ1) is 22.1. The van der Waals surface area contributed by atoms with Crippen molar-refractivity contribution in [1.29, 1.82) is 0 Å². The van der Waals surface area contributed by atoms with Crippen LogP contribution in [0.15, 0.2) is 53.0 Å². The van der Waals surface area contributed by atoms with Crippen molar-refractivity contribution >= 4 is 27.9 Å². The molecule has 1 atom stereocenters. The first-order valence-electron chi connectivity index (χ1n) is 9.06. The summed E-state index contributed by atoms with van der Waals surface area (Å²) in [5, 5.41) is 3.29. The quantitative estimate of drug-likeness (QED) is 0.641. The maximum Gasteiger partial charge on any atom is 0.337 e. The number of carbonyl (C=O) groups is 2. The van der Waals surface area contributed by atoms with Gasteiger partial charge in [-0.25, -0.2) is 4.79 Å². The van der Waals surface area contributed by atoms with Crippen LogP contribution in [0.1, 0.15) is 42.3 Å². The number of esters is 2. The van der Waals surface area contributed by atoms with Crippen LogP contribution >= 0.6 is 15.9 Å². The van der Waals surface area contributed by atoms with Crippen molar-refractivity contribution in [2.45, 2.75) is 45.4 Å². The second-order valence-corrected chi connectivity index (χ2v) is 8.31. The molecule has 0 aromatic heterocycles. The Kier molecular flexibility index (Phi) is 7.78. The molecule has 0 spiro atoms. The van der Waals surface area contributed by atoms with Gasteiger partial charge < -0.3 is 9.47 Å². The highest BCUT2D eigenvalue weighted by molar-refractivity contribution is 9.10. The van der Waals surface area contributed by atoms with Gasteiger partial charge in [0.25, 0.3) is 0 Å². The molecule has 0 fully saturated rings. The van der Waals surface area contributed by atoms with E-state index in [1.807, 2.05) is 57.2 Å². The Morgan fingerprint density at radius 2 is 1.79 bits per heavy atom. The Morgan fingerprint density at radius 3 is 2.36 bits per heavy atom. The van der Waals surface area contributed by atoms with Gasteiger partial charge in [0.15, 0.2) is 0 Å². The van der Waals surface area contributed by atoms with E-state index in [2.05, 4.69) is 21.2 Å². The molecule has 0 bridgehead atoms. The fraction of sp³-hybridized carbons (Fsp3) is 0.364. The molecule has 2 aromatic rings. The topological polar surface area (TPSA) is 64.6 Å². The molecule has 28 heavy (non-hydrogen) atoms. The van der Waals surface area contributed by atoms with Crippen molar-refractivity contribution in [3.05, 3.63) is 69.7 Å². The zero-order chi connectivity index (χ0) is 20.7. The lowest BCUT2D eigenvalue weighted by Crippen LogP contribution is -2.42. The lowest BCUT2D eigenvalue weighted by atomic mass is 10.0. The summed E-state index contributed by atoms with van der Waals surface area (Å²) < 4.78 is 11.1. The van der Waals surface area contributed by atoms with Crippen molar-refractivity contribution in [3.63, 3.8) is 0 Å². The monoisotopic (exact) mass is 447 g/mol. The van der Waals surface area contributed by atoms with Crippen LogP contribution in [0.2, 0.25) is 0 Å². The van der Waals surface area contributed by atoms with E-state index in [0.717, 1.165) is 15.6 Å². The highest BCUT2D eigenvalue weighted by Crippen LogP contribution is 2.20. The zero-order valence-electron chi connectivity index (χ0n) is 16.6. The van der Waals surface area contributed by atoms with Crippen LogP contribution in [0.4, 0.5) is 0 Å². The number of carbonyl (C=O) groups excluding carboxylic acids is 2. The van der Waals surface area contributed by atoms with Gasteiger partial charge in [-0.2, -0.15) is 0 Å². The number of ether oxygens (including phenoxy) is 2. The van der Waals surface area contributed by atoms with Crippen LogP contribution in [0.25, 0.3) is 0 Å². The first-order chi connectivity index (χ1) is 13.2. The Bertz CT molecular complexity index is 815. The predicted molar refractivity (Wildman–Crippen MR) is 112 cm³/mol. The van der Waals surface area contributed by atoms with Gasteiger partial charge in [-0.1, -0.05) is 52.3 Å². The Hall–Kier alpha value is -2.18. The minimum atomic E-state index is -0.559. The van der Waals surface area contributed by atoms with Crippen molar-refractivity contribution < 1.29 is 19.1 Å². The van der Waals surface area contributed by atoms with Crippen LogP contribution in [0.5, 0.6) is 0 Å². The van der Waals surface area contributed by atoms with Gasteiger partial charge in [-0.15, -0.1) is 0 Å². The average Bonchev–Trinajstić information content (AvgIpc) is 2.64. The molecule has 0 amide bonds. The standard InChI is InChI=1S/C22H26BrNO4/c1-22(2,3)28-21(26)19(12-15-8-6-5-7-9-15)24-14-17-11-10-16(13-18(17)23)20(25)27-4/h5-11,13,19,24H,12,14H2,1-4H3. The van der Waals surface area contributed by atoms with E-state index in [1.54, 1.807) is 12.1 Å². The second-order valence-electron chi connectivity index (χ2n) is 7.45. The molecule has 0 radical (unpaired) electrons. The Morgan fingerprint density at radius 1 is 1.11 bits per heavy atom. The lowest BCUT2D eigenvalue weighted by Gasteiger charge is -2.25. The highest BCUT2D eigenvalue weighted by atomic mass is 79.9. The highest BCUT2D eigenvalue weighted by Gasteiger charge is 2.25. The summed E-state index contributed by atoms with van der Waals surface area (Å²) >= 11 is 3.48. The molecule has 0 saturated heterocycles. The number of halogens is 1. The van der Waals surface area contributed by atoms with Crippen LogP contribution < -0.4 is 5.32 Å². The van der Waals surface area contributed by atoms with E-state index in [0.29, 0.717) is 18.5 Å². The van der Waals surface area contributed by atoms with Gasteiger partial charge in [0.05, 0.1) is 12.7 Å². The van der Waals surface area contributed by atoms with Crippen molar-refractivity contribution in [3.8, 4) is 0 Å². The van der Waals surface area contributed by atoms with Crippen molar-refractivity contribution in [2.75, 3.05) is 7.11 Å². The summed E-state index contributed by atoms with van der Waals surface area (Å²) in [5.74, 6) is -0.686. The third-order valence-electron chi connectivity index (χ3n) is 3.99. The molecule has 0 heterocycles. The van der Waals surface area contributed by atoms with Gasteiger partial charge in [-0.3, -0.25) is 10.1 Å². The smallest absolute Gasteiger partial charge is 0.337 e. The van der Waals surface area contributed by atoms with Crippen LogP contribution in [0, 0.1) is 0 Å². The normalized spacial score (nSPS) is 12.3. The molecular weight excluding hydrogens is 422 g/mol. The molecule has 5 nitrogen and oxygen atoms in total. The maximum absolute atomic E-state index is 12.7. The minimum absolute atomic E-state index is 0.293. The summed E-state index contributed by atoms with van der Waals surface area (Å²) in [6.45, 7) is 6.00. The van der Waals surface area contributed by atoms with E-state index >= 15 is 0 Å². The summed E-state index contributed by atoms with van der Waals surface area (Å²) in [4.78, 5) is 24.3. The molecule has 1 N–H and O–H groups in total. The Balaban J connectivity index is 2.13. The molecule has 1 unspecified atom stereocenters. The number of methoxy groups -OCH3 is 1. The number of nitrogens with one attached hydrogen (secondary N) is 1. The fourth-order valence-electron chi connectivity index (χ4n) is 2.63. The largest absolute Gasteiger partial charge is 0.465 e. The molecule has 0 aliphatic rings. The predicted octanol–water partition coefficient (Wildman–Crippen LogP) is 4.28. The number of benzene rings is 2. The molecule has 2 aromatic carbocycles. The molecule has 2 rings (SSSR count). The summed E-state index contributed by atoms with van der Waals surface area (Å²) in [5.41, 5.74) is 1.88. The molecule has 6 heteroatoms. The number of rotatable bonds is 7. The summed E-state index contributed by atoms with van der Waals surface area (Å²) in [6.07, 6.45) is 0.521. The van der Waals surface area contributed by atoms with Gasteiger partial charge in [-0.05, 0) is 50.5 Å². The van der Waals surface area contributed by atoms with Crippen LogP contribution in [0.3, 0.4) is 0 Å². The van der Waals surface area contributed by atoms with Gasteiger partial charge in [0, 0.05) is 11.0 Å². The molecule has 150 valence electrons. The maximum atomic E-state index is 12.7. The summed E-state index contributed by atoms with van der Waals surface area (Å²) in [6, 6.07) is 14.6. The third-order valence-corrected chi connectivity index (χ3v) is 4.73. The van der Waals surface area contributed by atoms with E-state index in [1.165, 1.54) is 7.11 Å². The van der Waals surface area contributed by atoms with E-state index in [-0.39, 0.29) is 5.97 Å². The van der Waals surface area contributed by atoms with Gasteiger partial charge in [0.2, 0.25) is 0 Å². The molecule has 0 saturated carbocycles. The minimum Gasteiger partial charge on any atom is -0.465 e. The summed E-state index contributed by atoms with van der Waals surface area (Å²) in [7, 11) is 1.35. The van der Waals surface area contributed by atoms with E-state index in [4.69, 9.17) is 9.47 Å². The molecular formula is C22H26BrNO4. The first-order valence-corrected chi connectivity index (χ1v) is 9.86. The average molecular weight is 448 g/mol. The molecule has 0 aliphatic heterocycles. The molecule has 0 aliphatic carbocycles. The van der Waals surface area contributed by atoms with Gasteiger partial charge >= 0.3 is 11.9 Å². The number of hydrogen-bond acceptors (Lipinski definition) is 5. The fourth-order valence-corrected chi connectivity index (χ4v) is 3.15.